The molecule has 0 amide bonds. The van der Waals surface area contributed by atoms with E-state index in [1.165, 1.54) is 12.1 Å². The molecule has 1 aliphatic rings. The van der Waals surface area contributed by atoms with E-state index < -0.39 is 0 Å². The molecule has 0 saturated carbocycles. The number of hydrogen-bond acceptors (Lipinski definition) is 3. The van der Waals surface area contributed by atoms with Gasteiger partial charge in [0, 0.05) is 18.4 Å². The third-order valence-corrected chi connectivity index (χ3v) is 3.64. The number of anilines is 2. The van der Waals surface area contributed by atoms with Gasteiger partial charge in [-0.15, -0.1) is 0 Å². The first kappa shape index (κ1) is 11.9. The van der Waals surface area contributed by atoms with Gasteiger partial charge in [0.2, 0.25) is 5.28 Å². The lowest BCUT2D eigenvalue weighted by atomic mass is 10.2. The summed E-state index contributed by atoms with van der Waals surface area (Å²) in [5, 5.41) is 0.179. The molecule has 0 aliphatic carbocycles. The Morgan fingerprint density at radius 3 is 3.06 bits per heavy atom. The fourth-order valence-electron chi connectivity index (χ4n) is 2.10. The second kappa shape index (κ2) is 4.48. The number of hydrogen-bond donors (Lipinski definition) is 0. The number of aromatic nitrogens is 2. The summed E-state index contributed by atoms with van der Waals surface area (Å²) in [6.45, 7) is 0.755. The highest BCUT2D eigenvalue weighted by Crippen LogP contribution is 2.37. The lowest BCUT2D eigenvalue weighted by Crippen LogP contribution is -2.15. The van der Waals surface area contributed by atoms with Gasteiger partial charge in [0.05, 0.1) is 4.47 Å². The van der Waals surface area contributed by atoms with Crippen molar-refractivity contribution in [2.45, 2.75) is 6.42 Å². The van der Waals surface area contributed by atoms with Crippen molar-refractivity contribution < 1.29 is 4.39 Å². The zero-order chi connectivity index (χ0) is 12.7. The molecule has 0 N–H and O–H groups in total. The third-order valence-electron chi connectivity index (χ3n) is 2.89. The molecule has 0 atom stereocenters. The Balaban J connectivity index is 2.11. The van der Waals surface area contributed by atoms with Crippen LogP contribution in [0.3, 0.4) is 0 Å². The van der Waals surface area contributed by atoms with Crippen LogP contribution >= 0.6 is 27.5 Å². The second-order valence-electron chi connectivity index (χ2n) is 3.99. The van der Waals surface area contributed by atoms with Gasteiger partial charge in [-0.25, -0.2) is 9.37 Å². The Morgan fingerprint density at radius 1 is 1.39 bits per heavy atom. The quantitative estimate of drug-likeness (QED) is 0.747. The summed E-state index contributed by atoms with van der Waals surface area (Å²) < 4.78 is 14.1. The highest BCUT2D eigenvalue weighted by molar-refractivity contribution is 9.10. The SMILES string of the molecule is Fc1ccc2c(c1)N(c1nc(Cl)ncc1Br)CC2. The summed E-state index contributed by atoms with van der Waals surface area (Å²) in [6.07, 6.45) is 2.46. The maximum Gasteiger partial charge on any atom is 0.224 e. The van der Waals surface area contributed by atoms with Crippen molar-refractivity contribution in [3.8, 4) is 0 Å². The largest absolute Gasteiger partial charge is 0.325 e. The second-order valence-corrected chi connectivity index (χ2v) is 5.18. The maximum absolute atomic E-state index is 13.3. The van der Waals surface area contributed by atoms with Crippen molar-refractivity contribution >= 4 is 39.0 Å². The topological polar surface area (TPSA) is 29.0 Å². The van der Waals surface area contributed by atoms with Gasteiger partial charge in [-0.05, 0) is 51.6 Å². The molecule has 1 aromatic carbocycles. The molecule has 2 aromatic rings. The van der Waals surface area contributed by atoms with Crippen LogP contribution < -0.4 is 4.90 Å². The third kappa shape index (κ3) is 1.97. The molecule has 0 fully saturated rings. The number of halogens is 3. The van der Waals surface area contributed by atoms with Crippen LogP contribution in [0.4, 0.5) is 15.9 Å². The van der Waals surface area contributed by atoms with Crippen LogP contribution in [0.25, 0.3) is 0 Å². The number of nitrogens with zero attached hydrogens (tertiary/aromatic N) is 3. The van der Waals surface area contributed by atoms with E-state index in [4.69, 9.17) is 11.6 Å². The average molecular weight is 329 g/mol. The summed E-state index contributed by atoms with van der Waals surface area (Å²) in [5.41, 5.74) is 1.95. The Kier molecular flexibility index (Phi) is 2.95. The van der Waals surface area contributed by atoms with Gasteiger partial charge in [0.15, 0.2) is 5.82 Å². The first-order chi connectivity index (χ1) is 8.65. The van der Waals surface area contributed by atoms with Crippen LogP contribution in [0, 0.1) is 5.82 Å². The van der Waals surface area contributed by atoms with E-state index >= 15 is 0 Å². The van der Waals surface area contributed by atoms with Crippen LogP contribution in [0.15, 0.2) is 28.9 Å². The normalized spacial score (nSPS) is 13.8. The van der Waals surface area contributed by atoms with Crippen LogP contribution in [-0.2, 0) is 6.42 Å². The van der Waals surface area contributed by atoms with Crippen molar-refractivity contribution in [2.75, 3.05) is 11.4 Å². The smallest absolute Gasteiger partial charge is 0.224 e. The van der Waals surface area contributed by atoms with Crippen molar-refractivity contribution in [3.05, 3.63) is 45.5 Å². The maximum atomic E-state index is 13.3. The highest BCUT2D eigenvalue weighted by Gasteiger charge is 2.24. The monoisotopic (exact) mass is 327 g/mol. The summed E-state index contributed by atoms with van der Waals surface area (Å²) in [7, 11) is 0. The van der Waals surface area contributed by atoms with Gasteiger partial charge in [-0.2, -0.15) is 4.98 Å². The molecule has 92 valence electrons. The Morgan fingerprint density at radius 2 is 2.22 bits per heavy atom. The fourth-order valence-corrected chi connectivity index (χ4v) is 2.63. The van der Waals surface area contributed by atoms with E-state index in [-0.39, 0.29) is 11.1 Å². The number of rotatable bonds is 1. The summed E-state index contributed by atoms with van der Waals surface area (Å²) in [5.74, 6) is 0.413. The Bertz CT molecular complexity index is 620. The number of fused-ring (bicyclic) bond motifs is 1. The van der Waals surface area contributed by atoms with E-state index in [1.54, 1.807) is 12.3 Å². The predicted molar refractivity (Wildman–Crippen MR) is 71.9 cm³/mol. The molecule has 0 spiro atoms. The summed E-state index contributed by atoms with van der Waals surface area (Å²) in [6, 6.07) is 4.80. The van der Waals surface area contributed by atoms with Crippen molar-refractivity contribution in [2.24, 2.45) is 0 Å². The molecule has 0 bridgehead atoms. The van der Waals surface area contributed by atoms with E-state index in [1.807, 2.05) is 4.90 Å². The van der Waals surface area contributed by atoms with Gasteiger partial charge in [0.1, 0.15) is 5.82 Å². The van der Waals surface area contributed by atoms with Crippen molar-refractivity contribution in [3.63, 3.8) is 0 Å². The summed E-state index contributed by atoms with van der Waals surface area (Å²) in [4.78, 5) is 10.0. The van der Waals surface area contributed by atoms with Gasteiger partial charge in [-0.3, -0.25) is 0 Å². The van der Waals surface area contributed by atoms with Gasteiger partial charge >= 0.3 is 0 Å². The van der Waals surface area contributed by atoms with E-state index in [0.717, 1.165) is 28.7 Å². The molecule has 1 aliphatic heterocycles. The van der Waals surface area contributed by atoms with E-state index in [0.29, 0.717) is 5.82 Å². The minimum absolute atomic E-state index is 0.179. The lowest BCUT2D eigenvalue weighted by molar-refractivity contribution is 0.628. The van der Waals surface area contributed by atoms with Gasteiger partial charge < -0.3 is 4.90 Å². The first-order valence-corrected chi connectivity index (χ1v) is 6.56. The van der Waals surface area contributed by atoms with E-state index in [2.05, 4.69) is 25.9 Å². The van der Waals surface area contributed by atoms with E-state index in [9.17, 15) is 4.39 Å². The molecular formula is C12H8BrClFN3. The first-order valence-electron chi connectivity index (χ1n) is 5.39. The van der Waals surface area contributed by atoms with Crippen LogP contribution in [-0.4, -0.2) is 16.5 Å². The van der Waals surface area contributed by atoms with Gasteiger partial charge in [-0.1, -0.05) is 6.07 Å². The predicted octanol–water partition coefficient (Wildman–Crippen LogP) is 3.73. The minimum atomic E-state index is -0.253. The Labute approximate surface area is 117 Å². The average Bonchev–Trinajstić information content (AvgIpc) is 2.75. The molecule has 3 nitrogen and oxygen atoms in total. The Hall–Kier alpha value is -1.20. The molecule has 1 aromatic heterocycles. The molecule has 0 unspecified atom stereocenters. The summed E-state index contributed by atoms with van der Waals surface area (Å²) >= 11 is 9.20. The lowest BCUT2D eigenvalue weighted by Gasteiger charge is -2.19. The van der Waals surface area contributed by atoms with Crippen LogP contribution in [0.2, 0.25) is 5.28 Å². The number of benzene rings is 1. The molecular weight excluding hydrogens is 321 g/mol. The standard InChI is InChI=1S/C12H8BrClFN3/c13-9-6-16-12(14)17-11(9)18-4-3-7-1-2-8(15)5-10(7)18/h1-2,5-6H,3-4H2. The van der Waals surface area contributed by atoms with Crippen molar-refractivity contribution in [1.82, 2.24) is 9.97 Å². The van der Waals surface area contributed by atoms with Crippen molar-refractivity contribution in [1.29, 1.82) is 0 Å². The molecule has 18 heavy (non-hydrogen) atoms. The molecule has 0 radical (unpaired) electrons. The zero-order valence-electron chi connectivity index (χ0n) is 9.20. The molecule has 0 saturated heterocycles. The molecule has 2 heterocycles. The zero-order valence-corrected chi connectivity index (χ0v) is 11.5. The van der Waals surface area contributed by atoms with Gasteiger partial charge in [0.25, 0.3) is 0 Å². The fraction of sp³-hybridized carbons (Fsp3) is 0.167. The molecule has 6 heteroatoms. The highest BCUT2D eigenvalue weighted by atomic mass is 79.9. The minimum Gasteiger partial charge on any atom is -0.325 e. The molecule has 3 rings (SSSR count). The van der Waals surface area contributed by atoms with Crippen LogP contribution in [0.5, 0.6) is 0 Å². The van der Waals surface area contributed by atoms with Crippen LogP contribution in [0.1, 0.15) is 5.56 Å².